The molecular weight excluding hydrogens is 210 g/mol. The molecule has 2 unspecified atom stereocenters. The van der Waals surface area contributed by atoms with E-state index < -0.39 is 0 Å². The fourth-order valence-corrected chi connectivity index (χ4v) is 2.56. The van der Waals surface area contributed by atoms with Crippen molar-refractivity contribution >= 4 is 0 Å². The Bertz CT molecular complexity index is 247. The molecule has 17 heavy (non-hydrogen) atoms. The van der Waals surface area contributed by atoms with Gasteiger partial charge in [-0.2, -0.15) is 0 Å². The van der Waals surface area contributed by atoms with Gasteiger partial charge in [-0.3, -0.25) is 0 Å². The van der Waals surface area contributed by atoms with Crippen LogP contribution in [0.25, 0.3) is 0 Å². The van der Waals surface area contributed by atoms with Crippen molar-refractivity contribution in [1.29, 1.82) is 0 Å². The highest BCUT2D eigenvalue weighted by Gasteiger charge is 2.17. The molecule has 0 fully saturated rings. The molecule has 98 valence electrons. The van der Waals surface area contributed by atoms with Crippen LogP contribution < -0.4 is 5.32 Å². The van der Waals surface area contributed by atoms with Gasteiger partial charge in [-0.05, 0) is 44.6 Å². The minimum Gasteiger partial charge on any atom is -0.380 e. The third kappa shape index (κ3) is 6.64. The Morgan fingerprint density at radius 3 is 3.06 bits per heavy atom. The van der Waals surface area contributed by atoms with E-state index in [1.54, 1.807) is 5.57 Å². The molecule has 2 nitrogen and oxygen atoms in total. The van der Waals surface area contributed by atoms with Gasteiger partial charge in [0.25, 0.3) is 0 Å². The summed E-state index contributed by atoms with van der Waals surface area (Å²) in [6.45, 7) is 11.9. The van der Waals surface area contributed by atoms with Gasteiger partial charge in [0.2, 0.25) is 0 Å². The van der Waals surface area contributed by atoms with E-state index in [0.717, 1.165) is 44.6 Å². The first-order valence-corrected chi connectivity index (χ1v) is 6.79. The Morgan fingerprint density at radius 2 is 2.35 bits per heavy atom. The van der Waals surface area contributed by atoms with Crippen LogP contribution in [0.15, 0.2) is 24.3 Å². The summed E-state index contributed by atoms with van der Waals surface area (Å²) in [5.74, 6) is 1.56. The molecule has 1 N–H and O–H groups in total. The highest BCUT2D eigenvalue weighted by Crippen LogP contribution is 2.26. The molecule has 0 heterocycles. The molecule has 0 aromatic heterocycles. The second-order valence-corrected chi connectivity index (χ2v) is 5.19. The largest absolute Gasteiger partial charge is 0.380 e. The lowest BCUT2D eigenvalue weighted by atomic mass is 9.84. The smallest absolute Gasteiger partial charge is 0.0591 e. The standard InChI is InChI=1S/C15H27NO/c1-4-5-7-17-8-6-16-12-15-10-13(2)9-14(3)11-15/h4,9,13,15-16H,1,5-8,10-12H2,2-3H3. The Kier molecular flexibility index (Phi) is 7.22. The van der Waals surface area contributed by atoms with E-state index in [4.69, 9.17) is 4.74 Å². The predicted octanol–water partition coefficient (Wildman–Crippen LogP) is 3.16. The van der Waals surface area contributed by atoms with Crippen molar-refractivity contribution in [3.8, 4) is 0 Å². The van der Waals surface area contributed by atoms with E-state index in [-0.39, 0.29) is 0 Å². The Hall–Kier alpha value is -0.600. The molecule has 0 spiro atoms. The van der Waals surface area contributed by atoms with Gasteiger partial charge in [-0.25, -0.2) is 0 Å². The molecule has 0 radical (unpaired) electrons. The van der Waals surface area contributed by atoms with Crippen molar-refractivity contribution < 1.29 is 4.74 Å². The topological polar surface area (TPSA) is 21.3 Å². The van der Waals surface area contributed by atoms with Gasteiger partial charge >= 0.3 is 0 Å². The van der Waals surface area contributed by atoms with Gasteiger partial charge in [0.05, 0.1) is 13.2 Å². The van der Waals surface area contributed by atoms with Crippen molar-refractivity contribution in [2.45, 2.75) is 33.1 Å². The van der Waals surface area contributed by atoms with Gasteiger partial charge in [0, 0.05) is 6.54 Å². The summed E-state index contributed by atoms with van der Waals surface area (Å²) in [4.78, 5) is 0. The molecule has 0 bridgehead atoms. The SMILES string of the molecule is C=CCCOCCNCC1CC(C)=CC(C)C1. The lowest BCUT2D eigenvalue weighted by Crippen LogP contribution is -2.28. The van der Waals surface area contributed by atoms with Gasteiger partial charge in [0.15, 0.2) is 0 Å². The van der Waals surface area contributed by atoms with E-state index >= 15 is 0 Å². The molecule has 0 saturated carbocycles. The Morgan fingerprint density at radius 1 is 1.53 bits per heavy atom. The van der Waals surface area contributed by atoms with Crippen LogP contribution >= 0.6 is 0 Å². The summed E-state index contributed by atoms with van der Waals surface area (Å²) >= 11 is 0. The molecule has 0 amide bonds. The van der Waals surface area contributed by atoms with Crippen molar-refractivity contribution in [2.75, 3.05) is 26.3 Å². The molecule has 1 aliphatic carbocycles. The molecule has 2 heteroatoms. The zero-order chi connectivity index (χ0) is 12.5. The molecule has 0 aromatic carbocycles. The van der Waals surface area contributed by atoms with Crippen LogP contribution in [0.4, 0.5) is 0 Å². The summed E-state index contributed by atoms with van der Waals surface area (Å²) in [6.07, 6.45) is 7.83. The fraction of sp³-hybridized carbons (Fsp3) is 0.733. The number of ether oxygens (including phenoxy) is 1. The highest BCUT2D eigenvalue weighted by molar-refractivity contribution is 5.06. The summed E-state index contributed by atoms with van der Waals surface area (Å²) < 4.78 is 5.46. The molecule has 1 aliphatic rings. The van der Waals surface area contributed by atoms with Crippen LogP contribution in [-0.4, -0.2) is 26.3 Å². The molecule has 0 saturated heterocycles. The number of rotatable bonds is 8. The summed E-state index contributed by atoms with van der Waals surface area (Å²) in [5.41, 5.74) is 1.55. The molecule has 2 atom stereocenters. The number of hydrogen-bond donors (Lipinski definition) is 1. The second kappa shape index (κ2) is 8.48. The first-order valence-electron chi connectivity index (χ1n) is 6.79. The average molecular weight is 237 g/mol. The van der Waals surface area contributed by atoms with Crippen LogP contribution in [-0.2, 0) is 4.74 Å². The zero-order valence-corrected chi connectivity index (χ0v) is 11.4. The Labute approximate surface area is 106 Å². The van der Waals surface area contributed by atoms with Crippen LogP contribution in [0.5, 0.6) is 0 Å². The minimum atomic E-state index is 0.749. The second-order valence-electron chi connectivity index (χ2n) is 5.19. The van der Waals surface area contributed by atoms with E-state index in [2.05, 4.69) is 31.8 Å². The van der Waals surface area contributed by atoms with Crippen LogP contribution in [0, 0.1) is 11.8 Å². The maximum atomic E-state index is 5.46. The lowest BCUT2D eigenvalue weighted by Gasteiger charge is -2.25. The van der Waals surface area contributed by atoms with Crippen molar-refractivity contribution in [3.63, 3.8) is 0 Å². The van der Waals surface area contributed by atoms with E-state index in [1.165, 1.54) is 12.8 Å². The van der Waals surface area contributed by atoms with Gasteiger partial charge in [-0.1, -0.05) is 24.6 Å². The van der Waals surface area contributed by atoms with Gasteiger partial charge in [-0.15, -0.1) is 6.58 Å². The summed E-state index contributed by atoms with van der Waals surface area (Å²) in [5, 5.41) is 3.50. The number of allylic oxidation sites excluding steroid dienone is 2. The van der Waals surface area contributed by atoms with Crippen LogP contribution in [0.3, 0.4) is 0 Å². The molecular formula is C15H27NO. The predicted molar refractivity (Wildman–Crippen MR) is 74.1 cm³/mol. The highest BCUT2D eigenvalue weighted by atomic mass is 16.5. The minimum absolute atomic E-state index is 0.749. The maximum absolute atomic E-state index is 5.46. The summed E-state index contributed by atoms with van der Waals surface area (Å²) in [7, 11) is 0. The molecule has 1 rings (SSSR count). The van der Waals surface area contributed by atoms with Gasteiger partial charge < -0.3 is 10.1 Å². The van der Waals surface area contributed by atoms with Crippen LogP contribution in [0.1, 0.15) is 33.1 Å². The maximum Gasteiger partial charge on any atom is 0.0591 e. The Balaban J connectivity index is 2.00. The third-order valence-electron chi connectivity index (χ3n) is 3.21. The summed E-state index contributed by atoms with van der Waals surface area (Å²) in [6, 6.07) is 0. The number of hydrogen-bond acceptors (Lipinski definition) is 2. The first kappa shape index (κ1) is 14.5. The normalized spacial score (nSPS) is 24.5. The van der Waals surface area contributed by atoms with Crippen molar-refractivity contribution in [1.82, 2.24) is 5.32 Å². The lowest BCUT2D eigenvalue weighted by molar-refractivity contribution is 0.139. The fourth-order valence-electron chi connectivity index (χ4n) is 2.56. The average Bonchev–Trinajstić information content (AvgIpc) is 2.26. The van der Waals surface area contributed by atoms with Crippen LogP contribution in [0.2, 0.25) is 0 Å². The first-order chi connectivity index (χ1) is 8.22. The van der Waals surface area contributed by atoms with E-state index in [9.17, 15) is 0 Å². The monoisotopic (exact) mass is 237 g/mol. The zero-order valence-electron chi connectivity index (χ0n) is 11.4. The molecule has 0 aliphatic heterocycles. The van der Waals surface area contributed by atoms with Crippen molar-refractivity contribution in [2.24, 2.45) is 11.8 Å². The van der Waals surface area contributed by atoms with E-state index in [1.807, 2.05) is 6.08 Å². The quantitative estimate of drug-likeness (QED) is 0.517. The third-order valence-corrected chi connectivity index (χ3v) is 3.21. The van der Waals surface area contributed by atoms with Crippen molar-refractivity contribution in [3.05, 3.63) is 24.3 Å². The van der Waals surface area contributed by atoms with E-state index in [0.29, 0.717) is 0 Å². The number of nitrogens with one attached hydrogen (secondary N) is 1. The van der Waals surface area contributed by atoms with Gasteiger partial charge in [0.1, 0.15) is 0 Å². The molecule has 0 aromatic rings.